The zero-order valence-electron chi connectivity index (χ0n) is 6.88. The molecular formula is C10H8N2O. The normalized spacial score (nSPS) is 10.7. The van der Waals surface area contributed by atoms with Gasteiger partial charge >= 0.3 is 0 Å². The molecule has 0 saturated heterocycles. The standard InChI is InChI=1S/C10H8N2O/c11-7-3-6-9-4-1-2-5-10(9)8-12-13/h1-6,8,13H. The largest absolute Gasteiger partial charge is 0.411 e. The first kappa shape index (κ1) is 9.01. The van der Waals surface area contributed by atoms with Crippen molar-refractivity contribution in [3.63, 3.8) is 0 Å². The van der Waals surface area contributed by atoms with E-state index in [-0.39, 0.29) is 0 Å². The van der Waals surface area contributed by atoms with Crippen molar-refractivity contribution < 1.29 is 5.21 Å². The fourth-order valence-electron chi connectivity index (χ4n) is 0.969. The van der Waals surface area contributed by atoms with Gasteiger partial charge < -0.3 is 5.21 Å². The Morgan fingerprint density at radius 3 is 2.62 bits per heavy atom. The molecule has 0 spiro atoms. The van der Waals surface area contributed by atoms with Crippen molar-refractivity contribution in [2.45, 2.75) is 0 Å². The summed E-state index contributed by atoms with van der Waals surface area (Å²) in [6.45, 7) is 0. The molecule has 0 aliphatic rings. The smallest absolute Gasteiger partial charge is 0.0912 e. The molecule has 64 valence electrons. The summed E-state index contributed by atoms with van der Waals surface area (Å²) in [6, 6.07) is 9.23. The molecular weight excluding hydrogens is 164 g/mol. The van der Waals surface area contributed by atoms with Crippen LogP contribution in [0.1, 0.15) is 11.1 Å². The van der Waals surface area contributed by atoms with Crippen LogP contribution in [0.15, 0.2) is 35.5 Å². The fourth-order valence-corrected chi connectivity index (χ4v) is 0.969. The van der Waals surface area contributed by atoms with Gasteiger partial charge in [-0.3, -0.25) is 0 Å². The summed E-state index contributed by atoms with van der Waals surface area (Å²) < 4.78 is 0. The van der Waals surface area contributed by atoms with Gasteiger partial charge in [0.25, 0.3) is 0 Å². The summed E-state index contributed by atoms with van der Waals surface area (Å²) in [4.78, 5) is 0. The molecule has 0 fully saturated rings. The van der Waals surface area contributed by atoms with E-state index in [1.165, 1.54) is 12.3 Å². The van der Waals surface area contributed by atoms with E-state index in [2.05, 4.69) is 5.16 Å². The molecule has 0 atom stereocenters. The van der Waals surface area contributed by atoms with Crippen LogP contribution >= 0.6 is 0 Å². The van der Waals surface area contributed by atoms with Crippen LogP contribution in [-0.4, -0.2) is 11.4 Å². The number of benzene rings is 1. The molecule has 13 heavy (non-hydrogen) atoms. The monoisotopic (exact) mass is 172 g/mol. The number of nitriles is 1. The summed E-state index contributed by atoms with van der Waals surface area (Å²) in [7, 11) is 0. The van der Waals surface area contributed by atoms with Gasteiger partial charge in [-0.2, -0.15) is 5.26 Å². The molecule has 0 radical (unpaired) electrons. The first-order chi connectivity index (χ1) is 6.38. The molecule has 0 bridgehead atoms. The third-order valence-electron chi connectivity index (χ3n) is 1.53. The maximum atomic E-state index is 8.35. The molecule has 0 saturated carbocycles. The van der Waals surface area contributed by atoms with Gasteiger partial charge in [0, 0.05) is 11.6 Å². The molecule has 0 aliphatic carbocycles. The van der Waals surface area contributed by atoms with E-state index >= 15 is 0 Å². The number of oxime groups is 1. The molecule has 1 rings (SSSR count). The number of hydrogen-bond acceptors (Lipinski definition) is 3. The summed E-state index contributed by atoms with van der Waals surface area (Å²) in [5.41, 5.74) is 1.62. The topological polar surface area (TPSA) is 56.4 Å². The molecule has 3 heteroatoms. The number of allylic oxidation sites excluding steroid dienone is 1. The average molecular weight is 172 g/mol. The highest BCUT2D eigenvalue weighted by Gasteiger charge is 1.93. The second-order valence-electron chi connectivity index (χ2n) is 2.34. The van der Waals surface area contributed by atoms with E-state index in [1.54, 1.807) is 12.1 Å². The molecule has 0 amide bonds. The molecule has 0 aromatic heterocycles. The van der Waals surface area contributed by atoms with E-state index < -0.39 is 0 Å². The van der Waals surface area contributed by atoms with E-state index in [4.69, 9.17) is 10.5 Å². The van der Waals surface area contributed by atoms with Gasteiger partial charge in [0.15, 0.2) is 0 Å². The maximum Gasteiger partial charge on any atom is 0.0912 e. The lowest BCUT2D eigenvalue weighted by Crippen LogP contribution is -1.85. The summed E-state index contributed by atoms with van der Waals surface area (Å²) in [5, 5.41) is 19.6. The van der Waals surface area contributed by atoms with Gasteiger partial charge in [0.2, 0.25) is 0 Å². The third-order valence-corrected chi connectivity index (χ3v) is 1.53. The van der Waals surface area contributed by atoms with Crippen molar-refractivity contribution in [2.24, 2.45) is 5.16 Å². The van der Waals surface area contributed by atoms with Crippen LogP contribution < -0.4 is 0 Å². The summed E-state index contributed by atoms with van der Waals surface area (Å²) in [6.07, 6.45) is 4.37. The fraction of sp³-hybridized carbons (Fsp3) is 0. The average Bonchev–Trinajstić information content (AvgIpc) is 2.17. The van der Waals surface area contributed by atoms with E-state index in [0.29, 0.717) is 0 Å². The molecule has 1 aromatic rings. The Hall–Kier alpha value is -2.08. The van der Waals surface area contributed by atoms with Crippen molar-refractivity contribution in [2.75, 3.05) is 0 Å². The Balaban J connectivity index is 3.06. The van der Waals surface area contributed by atoms with Crippen LogP contribution in [-0.2, 0) is 0 Å². The second-order valence-corrected chi connectivity index (χ2v) is 2.34. The maximum absolute atomic E-state index is 8.35. The van der Waals surface area contributed by atoms with Crippen molar-refractivity contribution in [3.05, 3.63) is 41.5 Å². The van der Waals surface area contributed by atoms with Crippen LogP contribution in [0.3, 0.4) is 0 Å². The van der Waals surface area contributed by atoms with Crippen LogP contribution in [0.2, 0.25) is 0 Å². The van der Waals surface area contributed by atoms with E-state index in [9.17, 15) is 0 Å². The summed E-state index contributed by atoms with van der Waals surface area (Å²) >= 11 is 0. The molecule has 3 nitrogen and oxygen atoms in total. The minimum atomic E-state index is 0.775. The van der Waals surface area contributed by atoms with Gasteiger partial charge in [-0.1, -0.05) is 29.4 Å². The molecule has 0 aliphatic heterocycles. The van der Waals surface area contributed by atoms with Crippen molar-refractivity contribution in [1.82, 2.24) is 0 Å². The Morgan fingerprint density at radius 2 is 2.00 bits per heavy atom. The molecule has 1 aromatic carbocycles. The Morgan fingerprint density at radius 1 is 1.31 bits per heavy atom. The van der Waals surface area contributed by atoms with E-state index in [0.717, 1.165) is 11.1 Å². The SMILES string of the molecule is N#CC=Cc1ccccc1C=NO. The van der Waals surface area contributed by atoms with Crippen LogP contribution in [0.5, 0.6) is 0 Å². The number of hydrogen-bond donors (Lipinski definition) is 1. The first-order valence-corrected chi connectivity index (χ1v) is 3.71. The number of nitrogens with zero attached hydrogens (tertiary/aromatic N) is 2. The highest BCUT2D eigenvalue weighted by molar-refractivity contribution is 5.85. The van der Waals surface area contributed by atoms with Gasteiger partial charge in [-0.05, 0) is 11.6 Å². The molecule has 1 N–H and O–H groups in total. The van der Waals surface area contributed by atoms with Gasteiger partial charge in [-0.25, -0.2) is 0 Å². The quantitative estimate of drug-likeness (QED) is 0.321. The number of rotatable bonds is 2. The highest BCUT2D eigenvalue weighted by Crippen LogP contribution is 2.07. The van der Waals surface area contributed by atoms with Crippen molar-refractivity contribution >= 4 is 12.3 Å². The minimum absolute atomic E-state index is 0.775. The Bertz CT molecular complexity index is 375. The predicted molar refractivity (Wildman–Crippen MR) is 50.5 cm³/mol. The van der Waals surface area contributed by atoms with Crippen LogP contribution in [0.4, 0.5) is 0 Å². The molecule has 0 unspecified atom stereocenters. The Kier molecular flexibility index (Phi) is 3.28. The zero-order chi connectivity index (χ0) is 9.52. The Labute approximate surface area is 76.2 Å². The lowest BCUT2D eigenvalue weighted by molar-refractivity contribution is 0.322. The first-order valence-electron chi connectivity index (χ1n) is 3.71. The minimum Gasteiger partial charge on any atom is -0.411 e. The van der Waals surface area contributed by atoms with E-state index in [1.807, 2.05) is 24.3 Å². The van der Waals surface area contributed by atoms with Crippen molar-refractivity contribution in [1.29, 1.82) is 5.26 Å². The lowest BCUT2D eigenvalue weighted by atomic mass is 10.1. The van der Waals surface area contributed by atoms with Gasteiger partial charge in [0.1, 0.15) is 0 Å². The van der Waals surface area contributed by atoms with Gasteiger partial charge in [0.05, 0.1) is 12.3 Å². The lowest BCUT2D eigenvalue weighted by Gasteiger charge is -1.96. The third kappa shape index (κ3) is 2.46. The predicted octanol–water partition coefficient (Wildman–Crippen LogP) is 2.03. The second kappa shape index (κ2) is 4.73. The molecule has 0 heterocycles. The van der Waals surface area contributed by atoms with Crippen molar-refractivity contribution in [3.8, 4) is 6.07 Å². The van der Waals surface area contributed by atoms with Crippen LogP contribution in [0.25, 0.3) is 6.08 Å². The highest BCUT2D eigenvalue weighted by atomic mass is 16.4. The summed E-state index contributed by atoms with van der Waals surface area (Å²) in [5.74, 6) is 0. The van der Waals surface area contributed by atoms with Crippen LogP contribution in [0, 0.1) is 11.3 Å². The zero-order valence-corrected chi connectivity index (χ0v) is 6.88. The van der Waals surface area contributed by atoms with Gasteiger partial charge in [-0.15, -0.1) is 0 Å².